The molecule has 6 heteroatoms. The lowest BCUT2D eigenvalue weighted by Gasteiger charge is -2.29. The monoisotopic (exact) mass is 530 g/mol. The number of hydrogen-bond donors (Lipinski definition) is 0. The van der Waals surface area contributed by atoms with E-state index < -0.39 is 17.8 Å². The number of esters is 2. The van der Waals surface area contributed by atoms with Crippen LogP contribution in [-0.4, -0.2) is 11.9 Å². The quantitative estimate of drug-likeness (QED) is 0.168. The van der Waals surface area contributed by atoms with Gasteiger partial charge in [0.2, 0.25) is 0 Å². The Balaban J connectivity index is 1.34. The SMILES string of the molecule is C=C(C)C(=O)Oc1ccc(C2CCC(Cc3ccc(-c4ccc(OC(=O)C(=C)C)cc4F)cc3F)CC2)cc1. The highest BCUT2D eigenvalue weighted by Gasteiger charge is 2.24. The van der Waals surface area contributed by atoms with Crippen LogP contribution in [0.1, 0.15) is 56.6 Å². The molecule has 39 heavy (non-hydrogen) atoms. The van der Waals surface area contributed by atoms with E-state index in [4.69, 9.17) is 9.47 Å². The molecule has 0 spiro atoms. The summed E-state index contributed by atoms with van der Waals surface area (Å²) in [7, 11) is 0. The maximum atomic E-state index is 15.0. The van der Waals surface area contributed by atoms with Crippen molar-refractivity contribution in [3.8, 4) is 22.6 Å². The minimum absolute atomic E-state index is 0.0686. The predicted molar refractivity (Wildman–Crippen MR) is 148 cm³/mol. The van der Waals surface area contributed by atoms with Crippen molar-refractivity contribution in [3.63, 3.8) is 0 Å². The maximum absolute atomic E-state index is 15.0. The molecule has 1 aliphatic rings. The predicted octanol–water partition coefficient (Wildman–Crippen LogP) is 8.11. The fraction of sp³-hybridized carbons (Fsp3) is 0.273. The van der Waals surface area contributed by atoms with E-state index in [1.54, 1.807) is 19.1 Å². The first-order valence-electron chi connectivity index (χ1n) is 13.0. The second kappa shape index (κ2) is 12.2. The van der Waals surface area contributed by atoms with E-state index in [1.165, 1.54) is 30.7 Å². The van der Waals surface area contributed by atoms with E-state index >= 15 is 4.39 Å². The summed E-state index contributed by atoms with van der Waals surface area (Å²) in [6.45, 7) is 10.2. The Kier molecular flexibility index (Phi) is 8.75. The summed E-state index contributed by atoms with van der Waals surface area (Å²) in [4.78, 5) is 23.4. The summed E-state index contributed by atoms with van der Waals surface area (Å²) in [5, 5.41) is 0. The zero-order chi connectivity index (χ0) is 28.1. The molecule has 0 heterocycles. The van der Waals surface area contributed by atoms with E-state index in [9.17, 15) is 14.0 Å². The van der Waals surface area contributed by atoms with Gasteiger partial charge in [-0.1, -0.05) is 37.4 Å². The second-order valence-electron chi connectivity index (χ2n) is 10.3. The minimum atomic E-state index is -0.633. The number of carbonyl (C=O) groups excluding carboxylic acids is 2. The lowest BCUT2D eigenvalue weighted by atomic mass is 9.76. The molecule has 1 saturated carbocycles. The van der Waals surface area contributed by atoms with Crippen LogP contribution in [0.25, 0.3) is 11.1 Å². The molecule has 0 aromatic heterocycles. The van der Waals surface area contributed by atoms with Crippen molar-refractivity contribution in [1.82, 2.24) is 0 Å². The number of halogens is 2. The standard InChI is InChI=1S/C33H32F2O4/c1-20(2)32(36)38-27-13-11-24(12-14-27)23-7-5-22(6-8-23)17-26-10-9-25(18-30(26)34)29-16-15-28(19-31(29)35)39-33(37)21(3)4/h9-16,18-19,22-23H,1,3,5-8,17H2,2,4H3. The topological polar surface area (TPSA) is 52.6 Å². The molecule has 1 aliphatic carbocycles. The van der Waals surface area contributed by atoms with Gasteiger partial charge >= 0.3 is 11.9 Å². The summed E-state index contributed by atoms with van der Waals surface area (Å²) < 4.78 is 40.1. The smallest absolute Gasteiger partial charge is 0.338 e. The fourth-order valence-electron chi connectivity index (χ4n) is 4.88. The van der Waals surface area contributed by atoms with E-state index in [1.807, 2.05) is 24.3 Å². The van der Waals surface area contributed by atoms with Gasteiger partial charge in [-0.05, 0) is 105 Å². The van der Waals surface area contributed by atoms with E-state index in [2.05, 4.69) is 13.2 Å². The molecule has 3 aromatic carbocycles. The highest BCUT2D eigenvalue weighted by molar-refractivity contribution is 5.89. The third-order valence-corrected chi connectivity index (χ3v) is 7.13. The molecule has 1 fully saturated rings. The van der Waals surface area contributed by atoms with E-state index in [-0.39, 0.29) is 22.7 Å². The van der Waals surface area contributed by atoms with Gasteiger partial charge in [0.25, 0.3) is 0 Å². The van der Waals surface area contributed by atoms with Gasteiger partial charge in [0, 0.05) is 22.8 Å². The second-order valence-corrected chi connectivity index (χ2v) is 10.3. The Morgan fingerprint density at radius 1 is 0.769 bits per heavy atom. The molecule has 0 aliphatic heterocycles. The fourth-order valence-corrected chi connectivity index (χ4v) is 4.88. The average molecular weight is 531 g/mol. The molecule has 0 amide bonds. The van der Waals surface area contributed by atoms with E-state index in [0.29, 0.717) is 40.7 Å². The molecule has 0 unspecified atom stereocenters. The largest absolute Gasteiger partial charge is 0.423 e. The van der Waals surface area contributed by atoms with Gasteiger partial charge in [0.1, 0.15) is 23.1 Å². The first kappa shape index (κ1) is 28.0. The molecular weight excluding hydrogens is 498 g/mol. The van der Waals surface area contributed by atoms with Crippen molar-refractivity contribution in [2.45, 2.75) is 51.9 Å². The summed E-state index contributed by atoms with van der Waals surface area (Å²) in [5.74, 6) is -0.669. The van der Waals surface area contributed by atoms with Crippen molar-refractivity contribution >= 4 is 11.9 Å². The first-order valence-corrected chi connectivity index (χ1v) is 13.0. The van der Waals surface area contributed by atoms with Crippen LogP contribution in [0.2, 0.25) is 0 Å². The Bertz CT molecular complexity index is 1400. The minimum Gasteiger partial charge on any atom is -0.423 e. The molecule has 202 valence electrons. The normalized spacial score (nSPS) is 16.8. The molecule has 0 saturated heterocycles. The summed E-state index contributed by atoms with van der Waals surface area (Å²) >= 11 is 0. The third kappa shape index (κ3) is 7.08. The van der Waals surface area contributed by atoms with E-state index in [0.717, 1.165) is 31.7 Å². The zero-order valence-electron chi connectivity index (χ0n) is 22.3. The molecular formula is C33H32F2O4. The van der Waals surface area contributed by atoms with Crippen molar-refractivity contribution in [2.75, 3.05) is 0 Å². The Labute approximate surface area is 228 Å². The Morgan fingerprint density at radius 2 is 1.36 bits per heavy atom. The van der Waals surface area contributed by atoms with Gasteiger partial charge < -0.3 is 9.47 Å². The highest BCUT2D eigenvalue weighted by Crippen LogP contribution is 2.38. The van der Waals surface area contributed by atoms with Gasteiger partial charge in [-0.15, -0.1) is 0 Å². The van der Waals surface area contributed by atoms with Crippen LogP contribution < -0.4 is 9.47 Å². The van der Waals surface area contributed by atoms with Crippen LogP contribution in [0.3, 0.4) is 0 Å². The highest BCUT2D eigenvalue weighted by atomic mass is 19.1. The number of rotatable bonds is 8. The zero-order valence-corrected chi connectivity index (χ0v) is 22.3. The number of ether oxygens (including phenoxy) is 2. The number of hydrogen-bond acceptors (Lipinski definition) is 4. The average Bonchev–Trinajstić information content (AvgIpc) is 2.91. The van der Waals surface area contributed by atoms with Gasteiger partial charge in [0.05, 0.1) is 0 Å². The van der Waals surface area contributed by atoms with Crippen molar-refractivity contribution in [2.24, 2.45) is 5.92 Å². The van der Waals surface area contributed by atoms with Crippen LogP contribution in [0, 0.1) is 17.6 Å². The van der Waals surface area contributed by atoms with Crippen LogP contribution in [0.15, 0.2) is 85.0 Å². The first-order chi connectivity index (χ1) is 18.6. The van der Waals surface area contributed by atoms with Crippen LogP contribution in [0.5, 0.6) is 11.5 Å². The van der Waals surface area contributed by atoms with Crippen LogP contribution in [-0.2, 0) is 16.0 Å². The molecule has 3 aromatic rings. The van der Waals surface area contributed by atoms with Crippen molar-refractivity contribution in [1.29, 1.82) is 0 Å². The molecule has 0 radical (unpaired) electrons. The molecule has 4 rings (SSSR count). The summed E-state index contributed by atoms with van der Waals surface area (Å²) in [6.07, 6.45) is 4.60. The third-order valence-electron chi connectivity index (χ3n) is 7.13. The molecule has 0 atom stereocenters. The summed E-state index contributed by atoms with van der Waals surface area (Å²) in [5.41, 5.74) is 3.06. The summed E-state index contributed by atoms with van der Waals surface area (Å²) in [6, 6.07) is 16.5. The molecule has 0 N–H and O–H groups in total. The maximum Gasteiger partial charge on any atom is 0.338 e. The van der Waals surface area contributed by atoms with Crippen molar-refractivity contribution < 1.29 is 27.8 Å². The Morgan fingerprint density at radius 3 is 1.92 bits per heavy atom. The lowest BCUT2D eigenvalue weighted by Crippen LogP contribution is -2.16. The van der Waals surface area contributed by atoms with Crippen molar-refractivity contribution in [3.05, 3.63) is 108 Å². The van der Waals surface area contributed by atoms with Gasteiger partial charge in [-0.2, -0.15) is 0 Å². The lowest BCUT2D eigenvalue weighted by molar-refractivity contribution is -0.130. The Hall–Kier alpha value is -4.06. The van der Waals surface area contributed by atoms with Crippen LogP contribution >= 0.6 is 0 Å². The molecule has 4 nitrogen and oxygen atoms in total. The van der Waals surface area contributed by atoms with Gasteiger partial charge in [-0.25, -0.2) is 18.4 Å². The van der Waals surface area contributed by atoms with Gasteiger partial charge in [-0.3, -0.25) is 0 Å². The number of carbonyl (C=O) groups is 2. The van der Waals surface area contributed by atoms with Gasteiger partial charge in [0.15, 0.2) is 0 Å². The van der Waals surface area contributed by atoms with Crippen LogP contribution in [0.4, 0.5) is 8.78 Å². The number of benzene rings is 3. The molecule has 0 bridgehead atoms.